The van der Waals surface area contributed by atoms with E-state index in [1.807, 2.05) is 13.1 Å². The van der Waals surface area contributed by atoms with Gasteiger partial charge >= 0.3 is 0 Å². The molecule has 1 aromatic rings. The summed E-state index contributed by atoms with van der Waals surface area (Å²) in [7, 11) is 0. The third-order valence-corrected chi connectivity index (χ3v) is 2.74. The van der Waals surface area contributed by atoms with Crippen molar-refractivity contribution in [2.45, 2.75) is 32.7 Å². The number of rotatable bonds is 2. The van der Waals surface area contributed by atoms with Gasteiger partial charge in [-0.2, -0.15) is 0 Å². The molecule has 0 radical (unpaired) electrons. The molecule has 1 fully saturated rings. The summed E-state index contributed by atoms with van der Waals surface area (Å²) in [6.45, 7) is 5.31. The monoisotopic (exact) mass is 191 g/mol. The topological polar surface area (TPSA) is 28.2 Å². The van der Waals surface area contributed by atoms with Crippen LogP contribution >= 0.6 is 0 Å². The zero-order chi connectivity index (χ0) is 9.97. The van der Waals surface area contributed by atoms with E-state index in [0.29, 0.717) is 6.04 Å². The fourth-order valence-electron chi connectivity index (χ4n) is 1.75. The van der Waals surface area contributed by atoms with Gasteiger partial charge in [0.2, 0.25) is 0 Å². The summed E-state index contributed by atoms with van der Waals surface area (Å²) in [5.41, 5.74) is 5.71. The van der Waals surface area contributed by atoms with Crippen LogP contribution in [0, 0.1) is 6.92 Å². The van der Waals surface area contributed by atoms with Crippen LogP contribution in [0.5, 0.6) is 0 Å². The van der Waals surface area contributed by atoms with Crippen LogP contribution in [-0.4, -0.2) is 17.6 Å². The number of hydrogen-bond donors (Lipinski definition) is 1. The third-order valence-electron chi connectivity index (χ3n) is 2.74. The summed E-state index contributed by atoms with van der Waals surface area (Å²) < 4.78 is 0. The lowest BCUT2D eigenvalue weighted by molar-refractivity contribution is 0.574. The highest BCUT2D eigenvalue weighted by molar-refractivity contribution is 5.44. The average Bonchev–Trinajstić information content (AvgIpc) is 2.67. The van der Waals surface area contributed by atoms with Crippen LogP contribution < -0.4 is 10.4 Å². The molecular formula is C11H17N3. The molecule has 1 aliphatic rings. The van der Waals surface area contributed by atoms with Crippen molar-refractivity contribution in [3.8, 4) is 0 Å². The zero-order valence-corrected chi connectivity index (χ0v) is 8.83. The standard InChI is InChI=1S/C11H17N3/c1-3-10-6-7-14(13-10)11-5-4-9(2)12-8-11/h4-5,8,10,13H,3,6-7H2,1-2H3. The quantitative estimate of drug-likeness (QED) is 0.773. The Kier molecular flexibility index (Phi) is 2.68. The molecule has 3 heteroatoms. The SMILES string of the molecule is CCC1CCN(c2ccc(C)nc2)N1. The van der Waals surface area contributed by atoms with Crippen LogP contribution in [0.15, 0.2) is 18.3 Å². The summed E-state index contributed by atoms with van der Waals surface area (Å²) in [5, 5.41) is 2.20. The second-order valence-electron chi connectivity index (χ2n) is 3.83. The summed E-state index contributed by atoms with van der Waals surface area (Å²) in [5.74, 6) is 0. The van der Waals surface area contributed by atoms with Gasteiger partial charge in [0.15, 0.2) is 0 Å². The minimum Gasteiger partial charge on any atom is -0.307 e. The largest absolute Gasteiger partial charge is 0.307 e. The molecule has 2 heterocycles. The van der Waals surface area contributed by atoms with Gasteiger partial charge in [-0.1, -0.05) is 6.92 Å². The third kappa shape index (κ3) is 1.87. The van der Waals surface area contributed by atoms with Gasteiger partial charge < -0.3 is 5.01 Å². The molecule has 1 unspecified atom stereocenters. The average molecular weight is 191 g/mol. The minimum absolute atomic E-state index is 0.635. The number of nitrogens with zero attached hydrogens (tertiary/aromatic N) is 2. The van der Waals surface area contributed by atoms with E-state index in [0.717, 1.165) is 12.2 Å². The van der Waals surface area contributed by atoms with Crippen LogP contribution in [-0.2, 0) is 0 Å². The van der Waals surface area contributed by atoms with Crippen molar-refractivity contribution in [1.82, 2.24) is 10.4 Å². The lowest BCUT2D eigenvalue weighted by atomic mass is 10.2. The number of hydrogen-bond acceptors (Lipinski definition) is 3. The molecule has 2 rings (SSSR count). The molecule has 0 bridgehead atoms. The second kappa shape index (κ2) is 3.96. The van der Waals surface area contributed by atoms with E-state index in [1.165, 1.54) is 18.5 Å². The van der Waals surface area contributed by atoms with Crippen LogP contribution in [0.3, 0.4) is 0 Å². The Morgan fingerprint density at radius 3 is 3.00 bits per heavy atom. The molecule has 3 nitrogen and oxygen atoms in total. The molecule has 0 spiro atoms. The Morgan fingerprint density at radius 1 is 1.57 bits per heavy atom. The lowest BCUT2D eigenvalue weighted by Crippen LogP contribution is -2.35. The molecule has 14 heavy (non-hydrogen) atoms. The van der Waals surface area contributed by atoms with E-state index >= 15 is 0 Å². The minimum atomic E-state index is 0.635. The van der Waals surface area contributed by atoms with Crippen molar-refractivity contribution >= 4 is 5.69 Å². The Morgan fingerprint density at radius 2 is 2.43 bits per heavy atom. The van der Waals surface area contributed by atoms with Gasteiger partial charge in [-0.25, -0.2) is 5.43 Å². The molecule has 1 saturated heterocycles. The molecule has 0 amide bonds. The first-order valence-corrected chi connectivity index (χ1v) is 5.26. The Bertz CT molecular complexity index is 294. The first-order valence-electron chi connectivity index (χ1n) is 5.26. The molecule has 1 aromatic heterocycles. The van der Waals surface area contributed by atoms with E-state index in [4.69, 9.17) is 0 Å². The van der Waals surface area contributed by atoms with Crippen LogP contribution in [0.1, 0.15) is 25.5 Å². The van der Waals surface area contributed by atoms with E-state index in [1.54, 1.807) is 0 Å². The van der Waals surface area contributed by atoms with Gasteiger partial charge in [0.25, 0.3) is 0 Å². The first kappa shape index (κ1) is 9.46. The van der Waals surface area contributed by atoms with Crippen molar-refractivity contribution < 1.29 is 0 Å². The predicted octanol–water partition coefficient (Wildman–Crippen LogP) is 1.88. The number of aromatic nitrogens is 1. The van der Waals surface area contributed by atoms with Crippen molar-refractivity contribution in [1.29, 1.82) is 0 Å². The van der Waals surface area contributed by atoms with E-state index in [9.17, 15) is 0 Å². The van der Waals surface area contributed by atoms with Crippen molar-refractivity contribution in [2.75, 3.05) is 11.6 Å². The van der Waals surface area contributed by atoms with Gasteiger partial charge in [0.05, 0.1) is 11.9 Å². The Labute approximate surface area is 85.1 Å². The summed E-state index contributed by atoms with van der Waals surface area (Å²) in [4.78, 5) is 4.29. The fourth-order valence-corrected chi connectivity index (χ4v) is 1.75. The first-order chi connectivity index (χ1) is 6.79. The maximum Gasteiger partial charge on any atom is 0.0703 e. The van der Waals surface area contributed by atoms with Crippen LogP contribution in [0.25, 0.3) is 0 Å². The predicted molar refractivity (Wildman–Crippen MR) is 58.2 cm³/mol. The van der Waals surface area contributed by atoms with Crippen LogP contribution in [0.2, 0.25) is 0 Å². The number of aryl methyl sites for hydroxylation is 1. The van der Waals surface area contributed by atoms with E-state index < -0.39 is 0 Å². The number of anilines is 1. The molecule has 0 aromatic carbocycles. The van der Waals surface area contributed by atoms with Crippen LogP contribution in [0.4, 0.5) is 5.69 Å². The van der Waals surface area contributed by atoms with E-state index in [2.05, 4.69) is 34.5 Å². The van der Waals surface area contributed by atoms with Gasteiger partial charge in [0, 0.05) is 18.3 Å². The number of pyridine rings is 1. The molecule has 1 atom stereocenters. The highest BCUT2D eigenvalue weighted by atomic mass is 15.5. The maximum absolute atomic E-state index is 4.29. The van der Waals surface area contributed by atoms with Gasteiger partial charge in [-0.3, -0.25) is 4.98 Å². The van der Waals surface area contributed by atoms with Crippen molar-refractivity contribution in [2.24, 2.45) is 0 Å². The normalized spacial score (nSPS) is 21.6. The van der Waals surface area contributed by atoms with Gasteiger partial charge in [-0.15, -0.1) is 0 Å². The second-order valence-corrected chi connectivity index (χ2v) is 3.83. The Balaban J connectivity index is 2.06. The molecule has 1 aliphatic heterocycles. The maximum atomic E-state index is 4.29. The number of hydrazine groups is 1. The van der Waals surface area contributed by atoms with E-state index in [-0.39, 0.29) is 0 Å². The van der Waals surface area contributed by atoms with Gasteiger partial charge in [-0.05, 0) is 31.9 Å². The Hall–Kier alpha value is -1.09. The summed E-state index contributed by atoms with van der Waals surface area (Å²) in [6.07, 6.45) is 4.35. The summed E-state index contributed by atoms with van der Waals surface area (Å²) in [6, 6.07) is 4.81. The molecule has 1 N–H and O–H groups in total. The van der Waals surface area contributed by atoms with Crippen molar-refractivity contribution in [3.05, 3.63) is 24.0 Å². The highest BCUT2D eigenvalue weighted by Crippen LogP contribution is 2.17. The molecule has 0 aliphatic carbocycles. The molecule has 76 valence electrons. The fraction of sp³-hybridized carbons (Fsp3) is 0.545. The lowest BCUT2D eigenvalue weighted by Gasteiger charge is -2.19. The highest BCUT2D eigenvalue weighted by Gasteiger charge is 2.20. The summed E-state index contributed by atoms with van der Waals surface area (Å²) >= 11 is 0. The number of nitrogens with one attached hydrogen (secondary N) is 1. The van der Waals surface area contributed by atoms with Gasteiger partial charge in [0.1, 0.15) is 0 Å². The molecular weight excluding hydrogens is 174 g/mol. The zero-order valence-electron chi connectivity index (χ0n) is 8.83. The smallest absolute Gasteiger partial charge is 0.0703 e. The molecule has 0 saturated carbocycles. The van der Waals surface area contributed by atoms with Crippen molar-refractivity contribution in [3.63, 3.8) is 0 Å².